The molecule has 0 unspecified atom stereocenters. The molecule has 4 aromatic rings. The molecule has 196 valence electrons. The Morgan fingerprint density at radius 2 is 1.66 bits per heavy atom. The van der Waals surface area contributed by atoms with Gasteiger partial charge in [0.15, 0.2) is 0 Å². The molecule has 1 amide bonds. The zero-order valence-electron chi connectivity index (χ0n) is 21.4. The van der Waals surface area contributed by atoms with Gasteiger partial charge in [-0.3, -0.25) is 4.90 Å². The average molecular weight is 515 g/mol. The molecule has 0 aliphatic heterocycles. The highest BCUT2D eigenvalue weighted by atomic mass is 16.6. The number of carboxylic acids is 1. The van der Waals surface area contributed by atoms with E-state index in [9.17, 15) is 14.7 Å². The van der Waals surface area contributed by atoms with Crippen molar-refractivity contribution in [1.29, 1.82) is 0 Å². The summed E-state index contributed by atoms with van der Waals surface area (Å²) in [6.07, 6.45) is -0.147. The lowest BCUT2D eigenvalue weighted by Crippen LogP contribution is -2.43. The van der Waals surface area contributed by atoms with Gasteiger partial charge < -0.3 is 19.0 Å². The number of hydrogen-bond acceptors (Lipinski definition) is 6. The van der Waals surface area contributed by atoms with E-state index in [0.717, 1.165) is 28.1 Å². The fourth-order valence-electron chi connectivity index (χ4n) is 3.86. The standard InChI is InChI=1S/C30H30N2O6/c1-21(29(33)34)32(30(35)37-20-23-10-5-3-6-11-23)19-24-12-9-15-26(18-24)36-17-16-27-22(2)38-28(31-27)25-13-7-4-8-14-25/h3-15,18,21H,16-17,19-20H2,1-2H3,(H,33,34)/t21-/m0/s1. The Kier molecular flexibility index (Phi) is 8.77. The van der Waals surface area contributed by atoms with Gasteiger partial charge in [0.2, 0.25) is 5.89 Å². The van der Waals surface area contributed by atoms with E-state index in [0.29, 0.717) is 24.7 Å². The molecular weight excluding hydrogens is 484 g/mol. The van der Waals surface area contributed by atoms with Gasteiger partial charge in [0, 0.05) is 12.0 Å². The molecule has 0 bridgehead atoms. The van der Waals surface area contributed by atoms with Crippen LogP contribution in [-0.4, -0.2) is 39.7 Å². The number of aliphatic carboxylic acids is 1. The Bertz CT molecular complexity index is 1350. The third-order valence-corrected chi connectivity index (χ3v) is 6.04. The molecule has 0 aliphatic rings. The van der Waals surface area contributed by atoms with Gasteiger partial charge in [-0.05, 0) is 49.2 Å². The quantitative estimate of drug-likeness (QED) is 0.266. The number of oxazole rings is 1. The number of aromatic nitrogens is 1. The first kappa shape index (κ1) is 26.5. The predicted octanol–water partition coefficient (Wildman–Crippen LogP) is 5.88. The van der Waals surface area contributed by atoms with E-state index < -0.39 is 18.1 Å². The lowest BCUT2D eigenvalue weighted by Gasteiger charge is -2.26. The minimum atomic E-state index is -1.12. The molecule has 0 fully saturated rings. The maximum Gasteiger partial charge on any atom is 0.411 e. The molecule has 8 heteroatoms. The van der Waals surface area contributed by atoms with E-state index >= 15 is 0 Å². The number of aryl methyl sites for hydroxylation is 1. The van der Waals surface area contributed by atoms with Gasteiger partial charge in [0.1, 0.15) is 24.2 Å². The molecule has 4 rings (SSSR count). The van der Waals surface area contributed by atoms with E-state index in [1.165, 1.54) is 11.8 Å². The van der Waals surface area contributed by atoms with Crippen LogP contribution in [0, 0.1) is 6.92 Å². The number of rotatable bonds is 11. The first-order valence-corrected chi connectivity index (χ1v) is 12.3. The number of ether oxygens (including phenoxy) is 2. The minimum Gasteiger partial charge on any atom is -0.493 e. The monoisotopic (exact) mass is 514 g/mol. The van der Waals surface area contributed by atoms with Gasteiger partial charge in [0.05, 0.1) is 18.8 Å². The first-order chi connectivity index (χ1) is 18.4. The van der Waals surface area contributed by atoms with Crippen LogP contribution in [0.5, 0.6) is 5.75 Å². The summed E-state index contributed by atoms with van der Waals surface area (Å²) >= 11 is 0. The Hall–Kier alpha value is -4.59. The number of carbonyl (C=O) groups excluding carboxylic acids is 1. The molecule has 0 saturated carbocycles. The number of amides is 1. The third kappa shape index (κ3) is 7.00. The molecule has 0 radical (unpaired) electrons. The summed E-state index contributed by atoms with van der Waals surface area (Å²) < 4.78 is 17.2. The maximum atomic E-state index is 12.8. The average Bonchev–Trinajstić information content (AvgIpc) is 3.31. The van der Waals surface area contributed by atoms with Gasteiger partial charge in [-0.2, -0.15) is 0 Å². The van der Waals surface area contributed by atoms with Crippen molar-refractivity contribution in [2.45, 2.75) is 39.5 Å². The molecule has 0 aliphatic carbocycles. The van der Waals surface area contributed by atoms with Gasteiger partial charge in [-0.1, -0.05) is 60.7 Å². The van der Waals surface area contributed by atoms with Crippen molar-refractivity contribution in [2.75, 3.05) is 6.61 Å². The van der Waals surface area contributed by atoms with Gasteiger partial charge in [-0.15, -0.1) is 0 Å². The SMILES string of the molecule is Cc1oc(-c2ccccc2)nc1CCOc1cccc(CN(C(=O)OCc2ccccc2)[C@@H](C)C(=O)O)c1. The lowest BCUT2D eigenvalue weighted by atomic mass is 10.1. The molecule has 8 nitrogen and oxygen atoms in total. The highest BCUT2D eigenvalue weighted by molar-refractivity contribution is 5.79. The van der Waals surface area contributed by atoms with Crippen molar-refractivity contribution in [1.82, 2.24) is 9.88 Å². The smallest absolute Gasteiger partial charge is 0.411 e. The van der Waals surface area contributed by atoms with Crippen LogP contribution in [0.4, 0.5) is 4.79 Å². The number of carboxylic acid groups (broad SMARTS) is 1. The summed E-state index contributed by atoms with van der Waals surface area (Å²) in [4.78, 5) is 30.3. The zero-order valence-corrected chi connectivity index (χ0v) is 21.4. The summed E-state index contributed by atoms with van der Waals surface area (Å²) in [5.41, 5.74) is 3.27. The zero-order chi connectivity index (χ0) is 26.9. The van der Waals surface area contributed by atoms with Crippen molar-refractivity contribution >= 4 is 12.1 Å². The third-order valence-electron chi connectivity index (χ3n) is 6.04. The van der Waals surface area contributed by atoms with Crippen LogP contribution in [0.1, 0.15) is 29.5 Å². The van der Waals surface area contributed by atoms with Crippen LogP contribution in [0.2, 0.25) is 0 Å². The van der Waals surface area contributed by atoms with E-state index in [-0.39, 0.29) is 13.2 Å². The number of carbonyl (C=O) groups is 2. The second kappa shape index (κ2) is 12.6. The normalized spacial score (nSPS) is 11.5. The Morgan fingerprint density at radius 3 is 2.37 bits per heavy atom. The number of benzene rings is 3. The van der Waals surface area contributed by atoms with Crippen LogP contribution >= 0.6 is 0 Å². The van der Waals surface area contributed by atoms with Crippen molar-refractivity contribution < 1.29 is 28.6 Å². The van der Waals surface area contributed by atoms with E-state index in [1.807, 2.05) is 79.7 Å². The van der Waals surface area contributed by atoms with Gasteiger partial charge in [0.25, 0.3) is 0 Å². The van der Waals surface area contributed by atoms with Crippen LogP contribution in [0.25, 0.3) is 11.5 Å². The summed E-state index contributed by atoms with van der Waals surface area (Å²) in [6, 6.07) is 25.1. The molecule has 1 heterocycles. The fraction of sp³-hybridized carbons (Fsp3) is 0.233. The van der Waals surface area contributed by atoms with Crippen LogP contribution < -0.4 is 4.74 Å². The summed E-state index contributed by atoms with van der Waals surface area (Å²) in [5, 5.41) is 9.55. The van der Waals surface area contributed by atoms with E-state index in [4.69, 9.17) is 13.9 Å². The Balaban J connectivity index is 1.37. The molecule has 0 saturated heterocycles. The van der Waals surface area contributed by atoms with Crippen molar-refractivity contribution in [3.63, 3.8) is 0 Å². The second-order valence-electron chi connectivity index (χ2n) is 8.82. The number of hydrogen-bond donors (Lipinski definition) is 1. The minimum absolute atomic E-state index is 0.0547. The lowest BCUT2D eigenvalue weighted by molar-refractivity contribution is -0.142. The van der Waals surface area contributed by atoms with Gasteiger partial charge >= 0.3 is 12.1 Å². The molecule has 38 heavy (non-hydrogen) atoms. The molecule has 1 atom stereocenters. The molecule has 1 aromatic heterocycles. The van der Waals surface area contributed by atoms with E-state index in [2.05, 4.69) is 4.98 Å². The summed E-state index contributed by atoms with van der Waals surface area (Å²) in [5.74, 6) is 0.805. The van der Waals surface area contributed by atoms with Crippen molar-refractivity contribution in [3.05, 3.63) is 108 Å². The number of nitrogens with zero attached hydrogens (tertiary/aromatic N) is 2. The molecule has 3 aromatic carbocycles. The van der Waals surface area contributed by atoms with Gasteiger partial charge in [-0.25, -0.2) is 14.6 Å². The Morgan fingerprint density at radius 1 is 0.974 bits per heavy atom. The molecule has 0 spiro atoms. The fourth-order valence-corrected chi connectivity index (χ4v) is 3.86. The topological polar surface area (TPSA) is 102 Å². The largest absolute Gasteiger partial charge is 0.493 e. The van der Waals surface area contributed by atoms with Crippen LogP contribution in [0.15, 0.2) is 89.3 Å². The highest BCUT2D eigenvalue weighted by Crippen LogP contribution is 2.22. The van der Waals surface area contributed by atoms with Crippen molar-refractivity contribution in [3.8, 4) is 17.2 Å². The highest BCUT2D eigenvalue weighted by Gasteiger charge is 2.27. The van der Waals surface area contributed by atoms with E-state index in [1.54, 1.807) is 12.1 Å². The molecular formula is C30H30N2O6. The van der Waals surface area contributed by atoms with Crippen molar-refractivity contribution in [2.24, 2.45) is 0 Å². The Labute approximate surface area is 221 Å². The molecule has 1 N–H and O–H groups in total. The van der Waals surface area contributed by atoms with Crippen LogP contribution in [0.3, 0.4) is 0 Å². The predicted molar refractivity (Wildman–Crippen MR) is 142 cm³/mol. The maximum absolute atomic E-state index is 12.8. The van der Waals surface area contributed by atoms with Crippen LogP contribution in [-0.2, 0) is 29.1 Å². The second-order valence-corrected chi connectivity index (χ2v) is 8.82. The first-order valence-electron chi connectivity index (χ1n) is 12.3. The summed E-state index contributed by atoms with van der Waals surface area (Å²) in [6.45, 7) is 3.82. The summed E-state index contributed by atoms with van der Waals surface area (Å²) in [7, 11) is 0.